The van der Waals surface area contributed by atoms with Gasteiger partial charge in [-0.05, 0) is 49.4 Å². The second-order valence-electron chi connectivity index (χ2n) is 11.1. The molecule has 2 saturated heterocycles. The van der Waals surface area contributed by atoms with Gasteiger partial charge in [0.15, 0.2) is 6.29 Å². The zero-order chi connectivity index (χ0) is 22.1. The third-order valence-corrected chi connectivity index (χ3v) is 8.99. The lowest BCUT2D eigenvalue weighted by atomic mass is 9.54. The SMILES string of the molecule is CC(C)C1=C2[C@H]3CC=C(C=O)C4O[C@H]5C(OC[C@@H](O)C5O)O[C@@H]4C3(C)CC[C@@]2(C)CC1. The molecule has 1 saturated carbocycles. The lowest BCUT2D eigenvalue weighted by Gasteiger charge is -2.56. The molecule has 3 fully saturated rings. The number of aliphatic hydroxyl groups is 2. The van der Waals surface area contributed by atoms with Gasteiger partial charge in [-0.15, -0.1) is 0 Å². The number of hydrogen-bond acceptors (Lipinski definition) is 6. The third-order valence-electron chi connectivity index (χ3n) is 8.99. The van der Waals surface area contributed by atoms with Crippen LogP contribution in [0.25, 0.3) is 0 Å². The van der Waals surface area contributed by atoms with E-state index in [0.29, 0.717) is 11.5 Å². The molecule has 2 N–H and O–H groups in total. The van der Waals surface area contributed by atoms with Crippen LogP contribution in [0.1, 0.15) is 59.8 Å². The number of aldehydes is 1. The van der Waals surface area contributed by atoms with Crippen molar-refractivity contribution < 1.29 is 29.2 Å². The molecule has 3 aliphatic carbocycles. The number of hydrogen-bond donors (Lipinski definition) is 2. The normalized spacial score (nSPS) is 49.5. The van der Waals surface area contributed by atoms with E-state index in [4.69, 9.17) is 14.2 Å². The van der Waals surface area contributed by atoms with E-state index in [-0.39, 0.29) is 29.5 Å². The highest BCUT2D eigenvalue weighted by Gasteiger charge is 2.61. The summed E-state index contributed by atoms with van der Waals surface area (Å²) in [5, 5.41) is 20.5. The number of aliphatic hydroxyl groups excluding tert-OH is 2. The van der Waals surface area contributed by atoms with Crippen molar-refractivity contribution >= 4 is 6.29 Å². The first-order valence-electron chi connectivity index (χ1n) is 11.9. The summed E-state index contributed by atoms with van der Waals surface area (Å²) < 4.78 is 18.6. The van der Waals surface area contributed by atoms with Crippen LogP contribution in [-0.4, -0.2) is 59.9 Å². The van der Waals surface area contributed by atoms with Gasteiger partial charge >= 0.3 is 0 Å². The van der Waals surface area contributed by atoms with Crippen molar-refractivity contribution in [3.05, 3.63) is 22.8 Å². The molecule has 9 atom stereocenters. The van der Waals surface area contributed by atoms with Crippen LogP contribution in [-0.2, 0) is 19.0 Å². The summed E-state index contributed by atoms with van der Waals surface area (Å²) in [6.07, 6.45) is 3.60. The molecule has 4 unspecified atom stereocenters. The Labute approximate surface area is 184 Å². The number of rotatable bonds is 2. The van der Waals surface area contributed by atoms with Gasteiger partial charge in [-0.1, -0.05) is 44.9 Å². The van der Waals surface area contributed by atoms with Crippen molar-refractivity contribution in [1.82, 2.24) is 0 Å². The molecule has 0 aromatic rings. The highest BCUT2D eigenvalue weighted by molar-refractivity contribution is 5.75. The van der Waals surface area contributed by atoms with Crippen molar-refractivity contribution in [2.45, 2.75) is 96.6 Å². The fourth-order valence-electron chi connectivity index (χ4n) is 7.07. The van der Waals surface area contributed by atoms with Gasteiger partial charge in [0.1, 0.15) is 30.7 Å². The quantitative estimate of drug-likeness (QED) is 0.516. The highest BCUT2D eigenvalue weighted by Crippen LogP contribution is 2.64. The van der Waals surface area contributed by atoms with Gasteiger partial charge < -0.3 is 24.4 Å². The average Bonchev–Trinajstić information content (AvgIpc) is 3.04. The minimum Gasteiger partial charge on any atom is -0.388 e. The van der Waals surface area contributed by atoms with Gasteiger partial charge in [0.2, 0.25) is 0 Å². The summed E-state index contributed by atoms with van der Waals surface area (Å²) in [5.74, 6) is 0.800. The Bertz CT molecular complexity index is 817. The Morgan fingerprint density at radius 2 is 1.94 bits per heavy atom. The molecule has 0 radical (unpaired) electrons. The van der Waals surface area contributed by atoms with Crippen LogP contribution < -0.4 is 0 Å². The number of carbonyl (C=O) groups excluding carboxylic acids is 1. The maximum atomic E-state index is 12.1. The Hall–Kier alpha value is -1.05. The zero-order valence-electron chi connectivity index (χ0n) is 19.0. The van der Waals surface area contributed by atoms with E-state index in [1.54, 1.807) is 11.1 Å². The Balaban J connectivity index is 1.58. The predicted molar refractivity (Wildman–Crippen MR) is 114 cm³/mol. The Morgan fingerprint density at radius 1 is 1.16 bits per heavy atom. The maximum absolute atomic E-state index is 12.1. The smallest absolute Gasteiger partial charge is 0.187 e. The standard InChI is InChI=1S/C25H36O6/c1-13(2)15-7-8-24(3)9-10-25(4)16(18(15)24)6-5-14(11-26)20-22(25)31-23-21(30-20)19(28)17(27)12-29-23/h5,11,13,16-17,19-23,27-28H,6-10,12H2,1-4H3/t16-,17-,19?,20?,21-,22+,23?,24-,25?/m1/s1. The van der Waals surface area contributed by atoms with Crippen LogP contribution in [0.2, 0.25) is 0 Å². The molecule has 5 rings (SSSR count). The molecular weight excluding hydrogens is 396 g/mol. The lowest BCUT2D eigenvalue weighted by Crippen LogP contribution is -2.65. The largest absolute Gasteiger partial charge is 0.388 e. The van der Waals surface area contributed by atoms with Crippen molar-refractivity contribution in [3.63, 3.8) is 0 Å². The van der Waals surface area contributed by atoms with E-state index < -0.39 is 30.7 Å². The molecule has 0 bridgehead atoms. The van der Waals surface area contributed by atoms with Crippen molar-refractivity contribution in [2.24, 2.45) is 22.7 Å². The first-order chi connectivity index (χ1) is 14.7. The average molecular weight is 433 g/mol. The molecule has 5 aliphatic rings. The van der Waals surface area contributed by atoms with Crippen LogP contribution in [0.15, 0.2) is 22.8 Å². The molecular formula is C25H36O6. The fraction of sp³-hybridized carbons (Fsp3) is 0.800. The monoisotopic (exact) mass is 432 g/mol. The summed E-state index contributed by atoms with van der Waals surface area (Å²) in [6.45, 7) is 9.30. The van der Waals surface area contributed by atoms with E-state index in [1.807, 2.05) is 6.08 Å². The summed E-state index contributed by atoms with van der Waals surface area (Å²) in [6, 6.07) is 0. The van der Waals surface area contributed by atoms with E-state index in [2.05, 4.69) is 27.7 Å². The van der Waals surface area contributed by atoms with Crippen molar-refractivity contribution in [3.8, 4) is 0 Å². The van der Waals surface area contributed by atoms with Gasteiger partial charge in [0.05, 0.1) is 12.7 Å². The van der Waals surface area contributed by atoms with Crippen LogP contribution in [0.3, 0.4) is 0 Å². The van der Waals surface area contributed by atoms with Gasteiger partial charge in [0.25, 0.3) is 0 Å². The van der Waals surface area contributed by atoms with Gasteiger partial charge in [-0.2, -0.15) is 0 Å². The first kappa shape index (κ1) is 21.8. The van der Waals surface area contributed by atoms with E-state index in [0.717, 1.165) is 32.0 Å². The predicted octanol–water partition coefficient (Wildman–Crippen LogP) is 2.92. The molecule has 0 amide bonds. The molecule has 0 aromatic carbocycles. The summed E-state index contributed by atoms with van der Waals surface area (Å²) in [4.78, 5) is 12.1. The van der Waals surface area contributed by atoms with Gasteiger partial charge in [0, 0.05) is 11.0 Å². The van der Waals surface area contributed by atoms with E-state index >= 15 is 0 Å². The van der Waals surface area contributed by atoms with E-state index in [9.17, 15) is 15.0 Å². The Kier molecular flexibility index (Phi) is 5.26. The molecule has 0 spiro atoms. The van der Waals surface area contributed by atoms with Crippen LogP contribution >= 0.6 is 0 Å². The number of ether oxygens (including phenoxy) is 3. The molecule has 6 heteroatoms. The molecule has 2 heterocycles. The van der Waals surface area contributed by atoms with Gasteiger partial charge in [-0.25, -0.2) is 0 Å². The number of fused-ring (bicyclic) bond motifs is 6. The molecule has 31 heavy (non-hydrogen) atoms. The Morgan fingerprint density at radius 3 is 2.65 bits per heavy atom. The van der Waals surface area contributed by atoms with Crippen molar-refractivity contribution in [2.75, 3.05) is 6.61 Å². The van der Waals surface area contributed by atoms with Gasteiger partial charge in [-0.3, -0.25) is 4.79 Å². The number of allylic oxidation sites excluding steroid dienone is 3. The zero-order valence-corrected chi connectivity index (χ0v) is 19.0. The summed E-state index contributed by atoms with van der Waals surface area (Å²) in [5.41, 5.74) is 3.76. The second kappa shape index (κ2) is 7.49. The minimum absolute atomic E-state index is 0.0142. The fourth-order valence-corrected chi connectivity index (χ4v) is 7.07. The molecule has 2 aliphatic heterocycles. The summed E-state index contributed by atoms with van der Waals surface area (Å²) in [7, 11) is 0. The van der Waals surface area contributed by atoms with Crippen LogP contribution in [0.4, 0.5) is 0 Å². The maximum Gasteiger partial charge on any atom is 0.187 e. The summed E-state index contributed by atoms with van der Waals surface area (Å²) >= 11 is 0. The van der Waals surface area contributed by atoms with Crippen LogP contribution in [0, 0.1) is 22.7 Å². The molecule has 6 nitrogen and oxygen atoms in total. The minimum atomic E-state index is -1.10. The number of carbonyl (C=O) groups is 1. The topological polar surface area (TPSA) is 85.2 Å². The third kappa shape index (κ3) is 3.13. The van der Waals surface area contributed by atoms with Crippen LogP contribution in [0.5, 0.6) is 0 Å². The highest BCUT2D eigenvalue weighted by atomic mass is 16.7. The molecule has 0 aromatic heterocycles. The van der Waals surface area contributed by atoms with Crippen molar-refractivity contribution in [1.29, 1.82) is 0 Å². The first-order valence-corrected chi connectivity index (χ1v) is 11.9. The lowest BCUT2D eigenvalue weighted by molar-refractivity contribution is -0.358. The second-order valence-corrected chi connectivity index (χ2v) is 11.1. The molecule has 172 valence electrons. The van der Waals surface area contributed by atoms with E-state index in [1.165, 1.54) is 6.42 Å².